The Balaban J connectivity index is 1.44. The highest BCUT2D eigenvalue weighted by atomic mass is 19.1. The third-order valence-electron chi connectivity index (χ3n) is 5.28. The number of ether oxygens (including phenoxy) is 1. The number of carbonyl (C=O) groups excluding carboxylic acids is 4. The molecule has 0 unspecified atom stereocenters. The predicted octanol–water partition coefficient (Wildman–Crippen LogP) is 2.75. The van der Waals surface area contributed by atoms with Crippen LogP contribution >= 0.6 is 0 Å². The van der Waals surface area contributed by atoms with E-state index in [0.29, 0.717) is 16.9 Å². The second kappa shape index (κ2) is 7.70. The maximum atomic E-state index is 13.1. The normalized spacial score (nSPS) is 19.0. The molecule has 0 radical (unpaired) electrons. The maximum Gasteiger partial charge on any atom is 0.316 e. The Kier molecular flexibility index (Phi) is 5.07. The van der Waals surface area contributed by atoms with Gasteiger partial charge in [-0.3, -0.25) is 24.1 Å². The molecule has 0 bridgehead atoms. The van der Waals surface area contributed by atoms with E-state index in [4.69, 9.17) is 4.74 Å². The lowest BCUT2D eigenvalue weighted by Gasteiger charge is -2.18. The van der Waals surface area contributed by atoms with Gasteiger partial charge in [0.2, 0.25) is 17.7 Å². The fourth-order valence-electron chi connectivity index (χ4n) is 3.72. The summed E-state index contributed by atoms with van der Waals surface area (Å²) < 4.78 is 18.5. The van der Waals surface area contributed by atoms with E-state index >= 15 is 0 Å². The number of amides is 3. The summed E-state index contributed by atoms with van der Waals surface area (Å²) in [5, 5.41) is 0. The van der Waals surface area contributed by atoms with E-state index in [0.717, 1.165) is 4.90 Å². The smallest absolute Gasteiger partial charge is 0.316 e. The van der Waals surface area contributed by atoms with Gasteiger partial charge in [0.15, 0.2) is 0 Å². The van der Waals surface area contributed by atoms with Crippen LogP contribution in [0.2, 0.25) is 0 Å². The number of benzene rings is 2. The molecule has 2 heterocycles. The van der Waals surface area contributed by atoms with E-state index in [-0.39, 0.29) is 49.3 Å². The Hall–Kier alpha value is -3.55. The van der Waals surface area contributed by atoms with Crippen LogP contribution in [0.1, 0.15) is 24.8 Å². The quantitative estimate of drug-likeness (QED) is 0.440. The van der Waals surface area contributed by atoms with Crippen LogP contribution < -0.4 is 14.5 Å². The molecule has 154 valence electrons. The standard InChI is InChI=1S/C22H19FN2O5/c1-13-10-17(6-7-18(13)25-19(26)8-9-20(25)27)30-22(29)14-11-21(28)24(12-14)16-4-2-15(23)3-5-16/h2-7,10,14H,8-9,11-12H2,1H3/t14-/m0/s1. The molecule has 3 amide bonds. The minimum absolute atomic E-state index is 0.00402. The van der Waals surface area contributed by atoms with Crippen molar-refractivity contribution < 1.29 is 28.3 Å². The van der Waals surface area contributed by atoms with Crippen molar-refractivity contribution in [2.24, 2.45) is 5.92 Å². The Morgan fingerprint density at radius 2 is 1.67 bits per heavy atom. The fourth-order valence-corrected chi connectivity index (χ4v) is 3.72. The van der Waals surface area contributed by atoms with Crippen molar-refractivity contribution in [2.45, 2.75) is 26.2 Å². The first kappa shape index (κ1) is 19.8. The van der Waals surface area contributed by atoms with Gasteiger partial charge in [0.05, 0.1) is 11.6 Å². The van der Waals surface area contributed by atoms with Crippen LogP contribution in [0, 0.1) is 18.7 Å². The molecular formula is C22H19FN2O5. The van der Waals surface area contributed by atoms with Crippen LogP contribution in [0.4, 0.5) is 15.8 Å². The maximum absolute atomic E-state index is 13.1. The molecule has 2 aromatic rings. The number of esters is 1. The van der Waals surface area contributed by atoms with Crippen LogP contribution in [0.15, 0.2) is 42.5 Å². The number of hydrogen-bond donors (Lipinski definition) is 0. The lowest BCUT2D eigenvalue weighted by Crippen LogP contribution is -2.29. The number of anilines is 2. The molecule has 1 atom stereocenters. The van der Waals surface area contributed by atoms with Gasteiger partial charge < -0.3 is 9.64 Å². The van der Waals surface area contributed by atoms with Gasteiger partial charge in [0.1, 0.15) is 11.6 Å². The van der Waals surface area contributed by atoms with Crippen molar-refractivity contribution in [3.8, 4) is 5.75 Å². The second-order valence-corrected chi connectivity index (χ2v) is 7.37. The van der Waals surface area contributed by atoms with E-state index < -0.39 is 17.7 Å². The number of nitrogens with zero attached hydrogens (tertiary/aromatic N) is 2. The van der Waals surface area contributed by atoms with Gasteiger partial charge in [-0.1, -0.05) is 0 Å². The first-order chi connectivity index (χ1) is 14.3. The lowest BCUT2D eigenvalue weighted by molar-refractivity contribution is -0.139. The topological polar surface area (TPSA) is 84.0 Å². The number of hydrogen-bond acceptors (Lipinski definition) is 5. The van der Waals surface area contributed by atoms with E-state index in [1.165, 1.54) is 35.2 Å². The molecule has 2 aliphatic rings. The Morgan fingerprint density at radius 3 is 2.30 bits per heavy atom. The van der Waals surface area contributed by atoms with Crippen molar-refractivity contribution in [3.05, 3.63) is 53.8 Å². The van der Waals surface area contributed by atoms with Crippen LogP contribution in [-0.4, -0.2) is 30.2 Å². The summed E-state index contributed by atoms with van der Waals surface area (Å²) >= 11 is 0. The van der Waals surface area contributed by atoms with Crippen LogP contribution in [0.3, 0.4) is 0 Å². The monoisotopic (exact) mass is 410 g/mol. The summed E-state index contributed by atoms with van der Waals surface area (Å²) in [4.78, 5) is 51.3. The zero-order chi connectivity index (χ0) is 21.4. The molecule has 7 nitrogen and oxygen atoms in total. The molecule has 4 rings (SSSR count). The van der Waals surface area contributed by atoms with Crippen molar-refractivity contribution >= 4 is 35.1 Å². The largest absolute Gasteiger partial charge is 0.426 e. The van der Waals surface area contributed by atoms with Crippen molar-refractivity contribution in [1.29, 1.82) is 0 Å². The molecule has 0 N–H and O–H groups in total. The average molecular weight is 410 g/mol. The van der Waals surface area contributed by atoms with Gasteiger partial charge in [-0.15, -0.1) is 0 Å². The number of rotatable bonds is 4. The molecular weight excluding hydrogens is 391 g/mol. The van der Waals surface area contributed by atoms with Crippen molar-refractivity contribution in [3.63, 3.8) is 0 Å². The first-order valence-corrected chi connectivity index (χ1v) is 9.57. The molecule has 8 heteroatoms. The molecule has 2 fully saturated rings. The Bertz CT molecular complexity index is 1030. The summed E-state index contributed by atoms with van der Waals surface area (Å²) in [6.07, 6.45) is 0.384. The predicted molar refractivity (Wildman–Crippen MR) is 105 cm³/mol. The van der Waals surface area contributed by atoms with Gasteiger partial charge in [0, 0.05) is 31.5 Å². The van der Waals surface area contributed by atoms with Gasteiger partial charge in [0.25, 0.3) is 0 Å². The number of halogens is 1. The molecule has 0 spiro atoms. The fraction of sp³-hybridized carbons (Fsp3) is 0.273. The average Bonchev–Trinajstić information content (AvgIpc) is 3.25. The number of imide groups is 1. The summed E-state index contributed by atoms with van der Waals surface area (Å²) in [7, 11) is 0. The molecule has 30 heavy (non-hydrogen) atoms. The molecule has 0 aliphatic carbocycles. The summed E-state index contributed by atoms with van der Waals surface area (Å²) in [6.45, 7) is 1.87. The van der Waals surface area contributed by atoms with E-state index in [2.05, 4.69) is 0 Å². The summed E-state index contributed by atoms with van der Waals surface area (Å²) in [5.41, 5.74) is 1.62. The zero-order valence-electron chi connectivity index (χ0n) is 16.3. The van der Waals surface area contributed by atoms with E-state index in [1.807, 2.05) is 0 Å². The van der Waals surface area contributed by atoms with Crippen molar-refractivity contribution in [2.75, 3.05) is 16.3 Å². The number of carbonyl (C=O) groups is 4. The minimum atomic E-state index is -0.649. The summed E-state index contributed by atoms with van der Waals surface area (Å²) in [6, 6.07) is 10.2. The highest BCUT2D eigenvalue weighted by Crippen LogP contribution is 2.30. The zero-order valence-corrected chi connectivity index (χ0v) is 16.3. The molecule has 2 aliphatic heterocycles. The molecule has 2 saturated heterocycles. The van der Waals surface area contributed by atoms with Crippen LogP contribution in [0.5, 0.6) is 5.75 Å². The molecule has 2 aromatic carbocycles. The second-order valence-electron chi connectivity index (χ2n) is 7.37. The van der Waals surface area contributed by atoms with Crippen LogP contribution in [0.25, 0.3) is 0 Å². The number of aryl methyl sites for hydroxylation is 1. The highest BCUT2D eigenvalue weighted by Gasteiger charge is 2.36. The van der Waals surface area contributed by atoms with Gasteiger partial charge in [-0.25, -0.2) is 4.39 Å². The minimum Gasteiger partial charge on any atom is -0.426 e. The Morgan fingerprint density at radius 1 is 1.00 bits per heavy atom. The van der Waals surface area contributed by atoms with E-state index in [1.54, 1.807) is 19.1 Å². The van der Waals surface area contributed by atoms with Gasteiger partial charge >= 0.3 is 5.97 Å². The third kappa shape index (κ3) is 3.68. The first-order valence-electron chi connectivity index (χ1n) is 9.57. The van der Waals surface area contributed by atoms with Gasteiger partial charge in [-0.2, -0.15) is 0 Å². The lowest BCUT2D eigenvalue weighted by atomic mass is 10.1. The SMILES string of the molecule is Cc1cc(OC(=O)[C@H]2CC(=O)N(c3ccc(F)cc3)C2)ccc1N1C(=O)CCC1=O. The van der Waals surface area contributed by atoms with Gasteiger partial charge in [-0.05, 0) is 55.0 Å². The molecule has 0 aromatic heterocycles. The van der Waals surface area contributed by atoms with Crippen LogP contribution in [-0.2, 0) is 19.2 Å². The van der Waals surface area contributed by atoms with E-state index in [9.17, 15) is 23.6 Å². The third-order valence-corrected chi connectivity index (χ3v) is 5.28. The summed E-state index contributed by atoms with van der Waals surface area (Å²) in [5.74, 6) is -2.07. The Labute approximate surface area is 172 Å². The van der Waals surface area contributed by atoms with Crippen molar-refractivity contribution in [1.82, 2.24) is 0 Å². The highest BCUT2D eigenvalue weighted by molar-refractivity contribution is 6.20. The molecule has 0 saturated carbocycles.